The maximum atomic E-state index is 12.4. The highest BCUT2D eigenvalue weighted by Crippen LogP contribution is 2.29. The minimum Gasteiger partial charge on any atom is -0.344 e. The first-order valence-electron chi connectivity index (χ1n) is 7.51. The van der Waals surface area contributed by atoms with Crippen molar-refractivity contribution in [3.8, 4) is 0 Å². The molecule has 2 N–H and O–H groups in total. The summed E-state index contributed by atoms with van der Waals surface area (Å²) in [6.07, 6.45) is -3.38. The van der Waals surface area contributed by atoms with Gasteiger partial charge >= 0.3 is 12.1 Å². The van der Waals surface area contributed by atoms with Crippen LogP contribution in [0.2, 0.25) is 0 Å². The highest BCUT2D eigenvalue weighted by molar-refractivity contribution is 5.82. The van der Waals surface area contributed by atoms with Crippen molar-refractivity contribution in [1.82, 2.24) is 10.6 Å². The predicted octanol–water partition coefficient (Wildman–Crippen LogP) is 2.76. The van der Waals surface area contributed by atoms with Crippen LogP contribution in [0, 0.1) is 0 Å². The zero-order chi connectivity index (χ0) is 16.3. The number of halogens is 3. The fourth-order valence-corrected chi connectivity index (χ4v) is 2.87. The van der Waals surface area contributed by atoms with E-state index in [4.69, 9.17) is 0 Å². The highest BCUT2D eigenvalue weighted by atomic mass is 19.4. The Kier molecular flexibility index (Phi) is 5.11. The Morgan fingerprint density at radius 3 is 2.50 bits per heavy atom. The number of rotatable bonds is 3. The molecular formula is C16H21F3N2O. The lowest BCUT2D eigenvalue weighted by atomic mass is 9.83. The van der Waals surface area contributed by atoms with Crippen molar-refractivity contribution in [2.24, 2.45) is 0 Å². The molecule has 122 valence electrons. The molecule has 0 radical (unpaired) electrons. The summed E-state index contributed by atoms with van der Waals surface area (Å²) in [7, 11) is 0. The van der Waals surface area contributed by atoms with Crippen LogP contribution in [0.4, 0.5) is 13.2 Å². The lowest BCUT2D eigenvalue weighted by Gasteiger charge is -2.36. The Morgan fingerprint density at radius 2 is 1.95 bits per heavy atom. The Labute approximate surface area is 128 Å². The third-order valence-corrected chi connectivity index (χ3v) is 4.24. The van der Waals surface area contributed by atoms with Crippen molar-refractivity contribution >= 4 is 5.91 Å². The third-order valence-electron chi connectivity index (χ3n) is 4.24. The van der Waals surface area contributed by atoms with Gasteiger partial charge in [0.25, 0.3) is 0 Å². The van der Waals surface area contributed by atoms with E-state index in [1.165, 1.54) is 5.56 Å². The number of hydrogen-bond acceptors (Lipinski definition) is 2. The Hall–Kier alpha value is -1.56. The van der Waals surface area contributed by atoms with Gasteiger partial charge in [-0.1, -0.05) is 31.2 Å². The van der Waals surface area contributed by atoms with E-state index < -0.39 is 18.1 Å². The molecule has 2 rings (SSSR count). The lowest BCUT2D eigenvalue weighted by Crippen LogP contribution is -2.54. The summed E-state index contributed by atoms with van der Waals surface area (Å²) in [5.74, 6) is -1.79. The molecule has 1 fully saturated rings. The van der Waals surface area contributed by atoms with Crippen molar-refractivity contribution in [3.05, 3.63) is 35.4 Å². The summed E-state index contributed by atoms with van der Waals surface area (Å²) >= 11 is 0. The van der Waals surface area contributed by atoms with Gasteiger partial charge < -0.3 is 10.6 Å². The summed E-state index contributed by atoms with van der Waals surface area (Å²) in [6.45, 7) is 4.44. The van der Waals surface area contributed by atoms with Gasteiger partial charge in [0.2, 0.25) is 0 Å². The molecule has 0 spiro atoms. The Morgan fingerprint density at radius 1 is 1.32 bits per heavy atom. The van der Waals surface area contributed by atoms with Gasteiger partial charge in [-0.3, -0.25) is 4.79 Å². The van der Waals surface area contributed by atoms with E-state index in [-0.39, 0.29) is 12.0 Å². The first-order chi connectivity index (χ1) is 10.3. The number of aryl methyl sites for hydroxylation is 1. The SMILES string of the molecule is CCc1ccc(C2CC(NC(=O)C(F)(F)F)CNC2C)cc1. The van der Waals surface area contributed by atoms with Crippen LogP contribution in [0.15, 0.2) is 24.3 Å². The number of carbonyl (C=O) groups excluding carboxylic acids is 1. The van der Waals surface area contributed by atoms with Gasteiger partial charge in [0.1, 0.15) is 0 Å². The topological polar surface area (TPSA) is 41.1 Å². The summed E-state index contributed by atoms with van der Waals surface area (Å²) in [5.41, 5.74) is 2.31. The molecule has 1 saturated heterocycles. The molecule has 0 aromatic heterocycles. The molecule has 1 heterocycles. The maximum Gasteiger partial charge on any atom is 0.471 e. The van der Waals surface area contributed by atoms with E-state index >= 15 is 0 Å². The van der Waals surface area contributed by atoms with Crippen molar-refractivity contribution in [2.45, 2.75) is 50.9 Å². The van der Waals surface area contributed by atoms with Crippen LogP contribution >= 0.6 is 0 Å². The number of nitrogens with one attached hydrogen (secondary N) is 2. The second kappa shape index (κ2) is 6.69. The monoisotopic (exact) mass is 314 g/mol. The molecule has 1 aromatic carbocycles. The second-order valence-corrected chi connectivity index (χ2v) is 5.80. The fourth-order valence-electron chi connectivity index (χ4n) is 2.87. The molecule has 3 unspecified atom stereocenters. The van der Waals surface area contributed by atoms with Gasteiger partial charge in [0.15, 0.2) is 0 Å². The number of piperidine rings is 1. The molecule has 22 heavy (non-hydrogen) atoms. The summed E-state index contributed by atoms with van der Waals surface area (Å²) < 4.78 is 37.1. The van der Waals surface area contributed by atoms with Crippen molar-refractivity contribution in [2.75, 3.05) is 6.54 Å². The third kappa shape index (κ3) is 4.00. The molecule has 0 bridgehead atoms. The van der Waals surface area contributed by atoms with Crippen molar-refractivity contribution in [1.29, 1.82) is 0 Å². The smallest absolute Gasteiger partial charge is 0.344 e. The molecule has 0 saturated carbocycles. The Bertz CT molecular complexity index is 513. The van der Waals surface area contributed by atoms with Crippen LogP contribution < -0.4 is 10.6 Å². The first kappa shape index (κ1) is 16.8. The number of benzene rings is 1. The number of amides is 1. The van der Waals surface area contributed by atoms with Gasteiger partial charge in [-0.2, -0.15) is 13.2 Å². The highest BCUT2D eigenvalue weighted by Gasteiger charge is 2.41. The van der Waals surface area contributed by atoms with Crippen LogP contribution in [0.25, 0.3) is 0 Å². The normalized spacial score (nSPS) is 25.8. The minimum atomic E-state index is -4.83. The molecule has 3 atom stereocenters. The molecule has 1 aromatic rings. The maximum absolute atomic E-state index is 12.4. The molecular weight excluding hydrogens is 293 g/mol. The van der Waals surface area contributed by atoms with Gasteiger partial charge in [-0.05, 0) is 30.9 Å². The lowest BCUT2D eigenvalue weighted by molar-refractivity contribution is -0.174. The largest absolute Gasteiger partial charge is 0.471 e. The zero-order valence-corrected chi connectivity index (χ0v) is 12.7. The van der Waals surface area contributed by atoms with Crippen LogP contribution in [-0.2, 0) is 11.2 Å². The quantitative estimate of drug-likeness (QED) is 0.901. The van der Waals surface area contributed by atoms with Gasteiger partial charge in [-0.25, -0.2) is 0 Å². The predicted molar refractivity (Wildman–Crippen MR) is 78.6 cm³/mol. The average molecular weight is 314 g/mol. The molecule has 3 nitrogen and oxygen atoms in total. The molecule has 1 aliphatic heterocycles. The van der Waals surface area contributed by atoms with Gasteiger partial charge in [0, 0.05) is 24.5 Å². The molecule has 6 heteroatoms. The number of carbonyl (C=O) groups is 1. The summed E-state index contributed by atoms with van der Waals surface area (Å²) in [5, 5.41) is 5.26. The zero-order valence-electron chi connectivity index (χ0n) is 12.7. The summed E-state index contributed by atoms with van der Waals surface area (Å²) in [4.78, 5) is 11.1. The minimum absolute atomic E-state index is 0.0817. The van der Waals surface area contributed by atoms with E-state index in [0.29, 0.717) is 13.0 Å². The second-order valence-electron chi connectivity index (χ2n) is 5.80. The Balaban J connectivity index is 2.06. The van der Waals surface area contributed by atoms with E-state index in [9.17, 15) is 18.0 Å². The number of alkyl halides is 3. The van der Waals surface area contributed by atoms with E-state index in [1.807, 2.05) is 31.2 Å². The first-order valence-corrected chi connectivity index (χ1v) is 7.51. The van der Waals surface area contributed by atoms with Gasteiger partial charge in [0.05, 0.1) is 0 Å². The molecule has 0 aliphatic carbocycles. The van der Waals surface area contributed by atoms with Crippen molar-refractivity contribution < 1.29 is 18.0 Å². The van der Waals surface area contributed by atoms with E-state index in [2.05, 4.69) is 17.6 Å². The van der Waals surface area contributed by atoms with Crippen molar-refractivity contribution in [3.63, 3.8) is 0 Å². The average Bonchev–Trinajstić information content (AvgIpc) is 2.48. The van der Waals surface area contributed by atoms with Crippen LogP contribution in [0.1, 0.15) is 37.3 Å². The van der Waals surface area contributed by atoms with Crippen LogP contribution in [-0.4, -0.2) is 30.7 Å². The van der Waals surface area contributed by atoms with Gasteiger partial charge in [-0.15, -0.1) is 0 Å². The van der Waals surface area contributed by atoms with Crippen LogP contribution in [0.5, 0.6) is 0 Å². The van der Waals surface area contributed by atoms with Crippen LogP contribution in [0.3, 0.4) is 0 Å². The standard InChI is InChI=1S/C16H21F3N2O/c1-3-11-4-6-12(7-5-11)14-8-13(9-20-10(14)2)21-15(22)16(17,18)19/h4-7,10,13-14,20H,3,8-9H2,1-2H3,(H,21,22). The summed E-state index contributed by atoms with van der Waals surface area (Å²) in [6, 6.07) is 7.78. The molecule has 1 aliphatic rings. The number of hydrogen-bond donors (Lipinski definition) is 2. The van der Waals surface area contributed by atoms with E-state index in [0.717, 1.165) is 12.0 Å². The fraction of sp³-hybridized carbons (Fsp3) is 0.562. The van der Waals surface area contributed by atoms with E-state index in [1.54, 1.807) is 0 Å². The molecule has 1 amide bonds.